The number of hydrazine groups is 1. The summed E-state index contributed by atoms with van der Waals surface area (Å²) in [6, 6.07) is 9.63. The molecule has 4 heterocycles. The molecule has 3 N–H and O–H groups in total. The van der Waals surface area contributed by atoms with E-state index in [1.54, 1.807) is 30.1 Å². The molecule has 5 atom stereocenters. The third-order valence-electron chi connectivity index (χ3n) is 8.32. The van der Waals surface area contributed by atoms with Crippen LogP contribution >= 0.6 is 0 Å². The van der Waals surface area contributed by atoms with Crippen molar-refractivity contribution in [2.75, 3.05) is 20.2 Å². The summed E-state index contributed by atoms with van der Waals surface area (Å²) in [6.45, 7) is 2.07. The fraction of sp³-hybridized carbons (Fsp3) is 0.519. The van der Waals surface area contributed by atoms with Crippen LogP contribution in [0.4, 0.5) is 4.39 Å². The maximum absolute atomic E-state index is 14.5. The number of hydrogen-bond donors (Lipinski definition) is 3. The molecule has 0 spiro atoms. The number of carbonyl (C=O) groups excluding carboxylic acids is 1. The van der Waals surface area contributed by atoms with Crippen molar-refractivity contribution in [1.82, 2.24) is 35.7 Å². The quantitative estimate of drug-likeness (QED) is 0.472. The number of methoxy groups -OCH3 is 1. The van der Waals surface area contributed by atoms with E-state index in [0.717, 1.165) is 49.9 Å². The van der Waals surface area contributed by atoms with Gasteiger partial charge in [-0.3, -0.25) is 15.1 Å². The van der Waals surface area contributed by atoms with Gasteiger partial charge in [0, 0.05) is 42.9 Å². The van der Waals surface area contributed by atoms with Crippen LogP contribution in [-0.2, 0) is 11.3 Å². The van der Waals surface area contributed by atoms with Crippen molar-refractivity contribution < 1.29 is 13.9 Å². The molecule has 1 saturated carbocycles. The number of benzene rings is 1. The van der Waals surface area contributed by atoms with Gasteiger partial charge in [-0.15, -0.1) is 0 Å². The summed E-state index contributed by atoms with van der Waals surface area (Å²) in [5.74, 6) is 0.779. The number of hydrogen-bond acceptors (Lipinski definition) is 7. The second kappa shape index (κ2) is 10.4. The summed E-state index contributed by atoms with van der Waals surface area (Å²) in [5.41, 5.74) is 9.49. The Hall–Kier alpha value is -3.08. The van der Waals surface area contributed by atoms with E-state index in [0.29, 0.717) is 36.4 Å². The van der Waals surface area contributed by atoms with Crippen molar-refractivity contribution in [3.63, 3.8) is 0 Å². The van der Waals surface area contributed by atoms with E-state index in [-0.39, 0.29) is 29.7 Å². The summed E-state index contributed by atoms with van der Waals surface area (Å²) in [4.78, 5) is 19.9. The first-order valence-electron chi connectivity index (χ1n) is 13.2. The van der Waals surface area contributed by atoms with E-state index in [9.17, 15) is 9.18 Å². The Bertz CT molecular complexity index is 1270. The number of aromatic nitrogens is 3. The number of piperidine rings is 1. The number of amides is 1. The first-order valence-corrected chi connectivity index (χ1v) is 13.2. The van der Waals surface area contributed by atoms with Crippen LogP contribution < -0.4 is 20.9 Å². The monoisotopic (exact) mass is 507 g/mol. The number of likely N-dealkylation sites (tertiary alicyclic amines) is 1. The molecule has 3 aliphatic rings. The Kier molecular flexibility index (Phi) is 6.79. The van der Waals surface area contributed by atoms with Gasteiger partial charge in [0.1, 0.15) is 17.9 Å². The zero-order valence-electron chi connectivity index (χ0n) is 21.1. The van der Waals surface area contributed by atoms with Crippen molar-refractivity contribution in [3.8, 4) is 5.75 Å². The first kappa shape index (κ1) is 24.3. The van der Waals surface area contributed by atoms with Gasteiger partial charge in [-0.2, -0.15) is 5.10 Å². The largest absolute Gasteiger partial charge is 0.496 e. The van der Waals surface area contributed by atoms with Gasteiger partial charge in [0.05, 0.1) is 13.2 Å². The molecule has 0 bridgehead atoms. The smallest absolute Gasteiger partial charge is 0.223 e. The lowest BCUT2D eigenvalue weighted by Crippen LogP contribution is -2.50. The van der Waals surface area contributed by atoms with Crippen LogP contribution in [0.3, 0.4) is 0 Å². The van der Waals surface area contributed by atoms with Crippen LogP contribution in [0.25, 0.3) is 5.65 Å². The molecule has 10 heteroatoms. The maximum Gasteiger partial charge on any atom is 0.223 e. The van der Waals surface area contributed by atoms with Crippen molar-refractivity contribution >= 4 is 11.6 Å². The number of carbonyl (C=O) groups is 1. The summed E-state index contributed by atoms with van der Waals surface area (Å²) >= 11 is 0. The predicted molar refractivity (Wildman–Crippen MR) is 136 cm³/mol. The number of nitrogens with one attached hydrogen (secondary N) is 3. The fourth-order valence-corrected chi connectivity index (χ4v) is 6.39. The second-order valence-corrected chi connectivity index (χ2v) is 10.6. The van der Waals surface area contributed by atoms with Crippen molar-refractivity contribution in [1.29, 1.82) is 0 Å². The number of halogens is 1. The average molecular weight is 508 g/mol. The Balaban J connectivity index is 1.08. The van der Waals surface area contributed by atoms with Crippen LogP contribution in [-0.4, -0.2) is 57.7 Å². The Labute approximate surface area is 215 Å². The van der Waals surface area contributed by atoms with Crippen LogP contribution in [0.1, 0.15) is 49.3 Å². The number of nitrogens with zero attached hydrogens (tertiary/aromatic N) is 4. The number of rotatable bonds is 6. The third-order valence-corrected chi connectivity index (χ3v) is 8.32. The van der Waals surface area contributed by atoms with Gasteiger partial charge in [0.15, 0.2) is 5.65 Å². The third kappa shape index (κ3) is 4.93. The van der Waals surface area contributed by atoms with E-state index in [1.165, 1.54) is 6.07 Å². The van der Waals surface area contributed by atoms with Gasteiger partial charge in [0.2, 0.25) is 5.91 Å². The number of ether oxygens (including phenoxy) is 1. The molecule has 9 nitrogen and oxygen atoms in total. The van der Waals surface area contributed by atoms with Gasteiger partial charge in [0.25, 0.3) is 0 Å². The fourth-order valence-electron chi connectivity index (χ4n) is 6.39. The minimum absolute atomic E-state index is 0.00990. The standard InChI is InChI=1S/C27H34FN7O2/c1-37-24-6-2-5-22(28)21(24)15-34-10-3-4-19(14-34)31-27(36)18-7-8-23-20(12-18)26(33-32-23)17-9-11-35-25(13-17)29-16-30-35/h2,5-6,9,11,13,16,18-20,23,26,32-33H,3-4,7-8,10,12,14-15H2,1H3,(H,31,36)/t18?,19-,20?,23?,26?/m1/s1. The molecule has 0 radical (unpaired) electrons. The Morgan fingerprint density at radius 2 is 2.16 bits per heavy atom. The molecule has 3 fully saturated rings. The minimum Gasteiger partial charge on any atom is -0.496 e. The zero-order chi connectivity index (χ0) is 25.4. The summed E-state index contributed by atoms with van der Waals surface area (Å²) < 4.78 is 21.6. The van der Waals surface area contributed by atoms with E-state index in [1.807, 2.05) is 6.20 Å². The molecule has 1 aromatic carbocycles. The number of pyridine rings is 1. The van der Waals surface area contributed by atoms with Crippen molar-refractivity contribution in [2.45, 2.75) is 56.8 Å². The summed E-state index contributed by atoms with van der Waals surface area (Å²) in [6.07, 6.45) is 8.08. The lowest BCUT2D eigenvalue weighted by atomic mass is 9.74. The molecule has 2 aromatic heterocycles. The minimum atomic E-state index is -0.251. The highest BCUT2D eigenvalue weighted by atomic mass is 19.1. The molecule has 1 aliphatic carbocycles. The maximum atomic E-state index is 14.5. The highest BCUT2D eigenvalue weighted by molar-refractivity contribution is 5.79. The Morgan fingerprint density at radius 3 is 3.05 bits per heavy atom. The summed E-state index contributed by atoms with van der Waals surface area (Å²) in [5, 5.41) is 7.52. The molecule has 196 valence electrons. The SMILES string of the molecule is COc1cccc(F)c1CN1CCC[C@@H](NC(=O)C2CCC3NNC(c4ccn5ncnc5c4)C3C2)C1. The molecule has 3 aromatic rings. The van der Waals surface area contributed by atoms with Crippen LogP contribution in [0.5, 0.6) is 5.75 Å². The van der Waals surface area contributed by atoms with Crippen LogP contribution in [0.2, 0.25) is 0 Å². The molecule has 2 saturated heterocycles. The molecular weight excluding hydrogens is 473 g/mol. The molecule has 37 heavy (non-hydrogen) atoms. The summed E-state index contributed by atoms with van der Waals surface area (Å²) in [7, 11) is 1.57. The van der Waals surface area contributed by atoms with Crippen LogP contribution in [0, 0.1) is 17.7 Å². The first-order chi connectivity index (χ1) is 18.1. The Morgan fingerprint density at radius 1 is 1.24 bits per heavy atom. The molecular formula is C27H34FN7O2. The van der Waals surface area contributed by atoms with E-state index in [2.05, 4.69) is 43.3 Å². The molecule has 6 rings (SSSR count). The van der Waals surface area contributed by atoms with Gasteiger partial charge < -0.3 is 10.1 Å². The lowest BCUT2D eigenvalue weighted by Gasteiger charge is -2.36. The van der Waals surface area contributed by atoms with Gasteiger partial charge in [-0.25, -0.2) is 19.3 Å². The van der Waals surface area contributed by atoms with Crippen molar-refractivity contribution in [3.05, 3.63) is 59.8 Å². The predicted octanol–water partition coefficient (Wildman–Crippen LogP) is 2.59. The molecule has 4 unspecified atom stereocenters. The topological polar surface area (TPSA) is 95.8 Å². The average Bonchev–Trinajstić information content (AvgIpc) is 3.56. The highest BCUT2D eigenvalue weighted by Crippen LogP contribution is 2.40. The molecule has 2 aliphatic heterocycles. The lowest BCUT2D eigenvalue weighted by molar-refractivity contribution is -0.127. The highest BCUT2D eigenvalue weighted by Gasteiger charge is 2.43. The van der Waals surface area contributed by atoms with Crippen molar-refractivity contribution in [2.24, 2.45) is 11.8 Å². The normalized spacial score (nSPS) is 28.2. The number of fused-ring (bicyclic) bond motifs is 2. The van der Waals surface area contributed by atoms with E-state index >= 15 is 0 Å². The zero-order valence-corrected chi connectivity index (χ0v) is 21.1. The van der Waals surface area contributed by atoms with Gasteiger partial charge in [-0.05, 0) is 74.4 Å². The van der Waals surface area contributed by atoms with Gasteiger partial charge >= 0.3 is 0 Å². The molecule has 1 amide bonds. The van der Waals surface area contributed by atoms with E-state index in [4.69, 9.17) is 4.74 Å². The van der Waals surface area contributed by atoms with Crippen LogP contribution in [0.15, 0.2) is 42.9 Å². The second-order valence-electron chi connectivity index (χ2n) is 10.6. The van der Waals surface area contributed by atoms with Gasteiger partial charge in [-0.1, -0.05) is 6.07 Å². The van der Waals surface area contributed by atoms with E-state index < -0.39 is 0 Å².